The summed E-state index contributed by atoms with van der Waals surface area (Å²) in [5.41, 5.74) is 1.94. The average Bonchev–Trinajstić information content (AvgIpc) is 2.88. The van der Waals surface area contributed by atoms with Crippen LogP contribution in [0.3, 0.4) is 0 Å². The van der Waals surface area contributed by atoms with E-state index in [-0.39, 0.29) is 47.8 Å². The van der Waals surface area contributed by atoms with Gasteiger partial charge in [0.1, 0.15) is 11.9 Å². The van der Waals surface area contributed by atoms with Gasteiger partial charge in [-0.3, -0.25) is 9.69 Å². The van der Waals surface area contributed by atoms with Gasteiger partial charge >= 0.3 is 6.09 Å². The summed E-state index contributed by atoms with van der Waals surface area (Å²) in [5, 5.41) is 2.66. The van der Waals surface area contributed by atoms with Crippen LogP contribution in [-0.4, -0.2) is 50.6 Å². The lowest BCUT2D eigenvalue weighted by atomic mass is 10.00. The van der Waals surface area contributed by atoms with Crippen molar-refractivity contribution in [3.05, 3.63) is 29.1 Å². The van der Waals surface area contributed by atoms with E-state index in [1.165, 1.54) is 17.9 Å². The maximum absolute atomic E-state index is 14.8. The number of sulfone groups is 1. The average molecular weight is 394 g/mol. The zero-order valence-corrected chi connectivity index (χ0v) is 15.5. The summed E-state index contributed by atoms with van der Waals surface area (Å²) in [6.45, 7) is 1.61. The molecule has 5 rings (SSSR count). The number of nitrogens with one attached hydrogen (secondary N) is 1. The highest BCUT2D eigenvalue weighted by molar-refractivity contribution is 7.91. The number of cyclic esters (lactones) is 1. The molecule has 1 aromatic rings. The number of amides is 2. The third-order valence-corrected chi connectivity index (χ3v) is 8.02. The van der Waals surface area contributed by atoms with Gasteiger partial charge in [0, 0.05) is 6.92 Å². The molecule has 2 unspecified atom stereocenters. The SMILES string of the molecule is CC(=O)NC[C@@H]1OC(=O)N2c3cc(F)c(C4C5CS(=O)(=O)CC54)cc3C[C@@H]12. The Morgan fingerprint density at radius 2 is 2.04 bits per heavy atom. The van der Waals surface area contributed by atoms with Gasteiger partial charge in [0.2, 0.25) is 5.91 Å². The molecule has 1 N–H and O–H groups in total. The molecule has 4 atom stereocenters. The highest BCUT2D eigenvalue weighted by atomic mass is 32.2. The van der Waals surface area contributed by atoms with Gasteiger partial charge in [-0.2, -0.15) is 0 Å². The molecule has 3 aliphatic heterocycles. The van der Waals surface area contributed by atoms with Gasteiger partial charge in [-0.1, -0.05) is 6.07 Å². The molecule has 1 saturated carbocycles. The Hall–Kier alpha value is -2.16. The number of ether oxygens (including phenoxy) is 1. The number of hydrogen-bond acceptors (Lipinski definition) is 5. The van der Waals surface area contributed by atoms with Crippen molar-refractivity contribution in [1.29, 1.82) is 0 Å². The first-order valence-electron chi connectivity index (χ1n) is 9.02. The van der Waals surface area contributed by atoms with E-state index in [1.54, 1.807) is 6.07 Å². The third kappa shape index (κ3) is 2.55. The Morgan fingerprint density at radius 1 is 1.33 bits per heavy atom. The van der Waals surface area contributed by atoms with Gasteiger partial charge < -0.3 is 10.1 Å². The first-order chi connectivity index (χ1) is 12.7. The van der Waals surface area contributed by atoms with E-state index in [2.05, 4.69) is 5.32 Å². The van der Waals surface area contributed by atoms with Crippen molar-refractivity contribution in [2.24, 2.45) is 11.8 Å². The van der Waals surface area contributed by atoms with Crippen LogP contribution in [0, 0.1) is 17.7 Å². The van der Waals surface area contributed by atoms with E-state index in [0.717, 1.165) is 5.56 Å². The van der Waals surface area contributed by atoms with E-state index in [1.807, 2.05) is 0 Å². The summed E-state index contributed by atoms with van der Waals surface area (Å²) in [6, 6.07) is 2.89. The van der Waals surface area contributed by atoms with Crippen molar-refractivity contribution in [3.63, 3.8) is 0 Å². The smallest absolute Gasteiger partial charge is 0.415 e. The van der Waals surface area contributed by atoms with Crippen LogP contribution in [-0.2, 0) is 25.8 Å². The minimum Gasteiger partial charge on any atom is -0.442 e. The number of nitrogens with zero attached hydrogens (tertiary/aromatic N) is 1. The minimum absolute atomic E-state index is 0.0150. The second-order valence-corrected chi connectivity index (χ2v) is 10.1. The molecule has 0 aromatic heterocycles. The molecular formula is C18H19FN2O5S. The highest BCUT2D eigenvalue weighted by Gasteiger charge is 2.60. The normalized spacial score (nSPS) is 34.7. The van der Waals surface area contributed by atoms with Crippen LogP contribution < -0.4 is 10.2 Å². The summed E-state index contributed by atoms with van der Waals surface area (Å²) in [6.07, 6.45) is -0.486. The van der Waals surface area contributed by atoms with Gasteiger partial charge in [0.25, 0.3) is 0 Å². The first-order valence-corrected chi connectivity index (χ1v) is 10.8. The van der Waals surface area contributed by atoms with Crippen LogP contribution in [0.25, 0.3) is 0 Å². The Labute approximate surface area is 155 Å². The molecule has 144 valence electrons. The predicted octanol–water partition coefficient (Wildman–Crippen LogP) is 0.970. The van der Waals surface area contributed by atoms with Crippen molar-refractivity contribution >= 4 is 27.5 Å². The molecule has 0 bridgehead atoms. The molecular weight excluding hydrogens is 375 g/mol. The molecule has 0 radical (unpaired) electrons. The van der Waals surface area contributed by atoms with E-state index < -0.39 is 27.9 Å². The summed E-state index contributed by atoms with van der Waals surface area (Å²) in [5.74, 6) is -0.344. The topological polar surface area (TPSA) is 92.8 Å². The Balaban J connectivity index is 1.41. The fraction of sp³-hybridized carbons (Fsp3) is 0.556. The molecule has 4 aliphatic rings. The number of carbonyl (C=O) groups excluding carboxylic acids is 2. The Morgan fingerprint density at radius 3 is 2.70 bits per heavy atom. The van der Waals surface area contributed by atoms with E-state index >= 15 is 0 Å². The Kier molecular flexibility index (Phi) is 3.42. The lowest BCUT2D eigenvalue weighted by Gasteiger charge is -2.16. The predicted molar refractivity (Wildman–Crippen MR) is 93.7 cm³/mol. The molecule has 2 amide bonds. The lowest BCUT2D eigenvalue weighted by molar-refractivity contribution is -0.119. The van der Waals surface area contributed by atoms with Gasteiger partial charge in [-0.25, -0.2) is 17.6 Å². The highest BCUT2D eigenvalue weighted by Crippen LogP contribution is 2.60. The standard InChI is InChI=1S/C18H19FN2O5S/c1-8(22)20-5-16-15-3-9-2-10(17-11-6-27(24,25)7-12(11)17)13(19)4-14(9)21(15)18(23)26-16/h2,4,11-12,15-17H,3,5-7H2,1H3,(H,20,22)/t11?,12?,15-,16-,17?/m0/s1. The van der Waals surface area contributed by atoms with E-state index in [9.17, 15) is 22.4 Å². The monoisotopic (exact) mass is 394 g/mol. The number of carbonyl (C=O) groups is 2. The molecule has 1 aromatic carbocycles. The molecule has 1 aliphatic carbocycles. The second-order valence-electron chi connectivity index (χ2n) is 7.93. The number of rotatable bonds is 3. The number of halogens is 1. The zero-order chi connectivity index (χ0) is 19.1. The fourth-order valence-electron chi connectivity index (χ4n) is 5.00. The van der Waals surface area contributed by atoms with E-state index in [4.69, 9.17) is 4.74 Å². The second kappa shape index (κ2) is 5.43. The number of benzene rings is 1. The van der Waals surface area contributed by atoms with Crippen molar-refractivity contribution in [3.8, 4) is 0 Å². The van der Waals surface area contributed by atoms with Crippen molar-refractivity contribution in [2.75, 3.05) is 23.0 Å². The van der Waals surface area contributed by atoms with Crippen LogP contribution in [0.1, 0.15) is 24.0 Å². The number of anilines is 1. The van der Waals surface area contributed by atoms with Crippen LogP contribution in [0.2, 0.25) is 0 Å². The summed E-state index contributed by atoms with van der Waals surface area (Å²) < 4.78 is 43.4. The van der Waals surface area contributed by atoms with Crippen molar-refractivity contribution in [1.82, 2.24) is 5.32 Å². The number of hydrogen-bond donors (Lipinski definition) is 1. The molecule has 0 spiro atoms. The minimum atomic E-state index is -2.98. The molecule has 3 fully saturated rings. The van der Waals surface area contributed by atoms with Crippen molar-refractivity contribution < 1.29 is 27.1 Å². The molecule has 27 heavy (non-hydrogen) atoms. The van der Waals surface area contributed by atoms with Crippen LogP contribution in [0.15, 0.2) is 12.1 Å². The summed E-state index contributed by atoms with van der Waals surface area (Å²) in [7, 11) is -2.98. The van der Waals surface area contributed by atoms with E-state index in [0.29, 0.717) is 17.7 Å². The largest absolute Gasteiger partial charge is 0.442 e. The summed E-state index contributed by atoms with van der Waals surface area (Å²) >= 11 is 0. The maximum atomic E-state index is 14.8. The Bertz CT molecular complexity index is 960. The van der Waals surface area contributed by atoms with Crippen LogP contribution in [0.4, 0.5) is 14.9 Å². The zero-order valence-electron chi connectivity index (χ0n) is 14.6. The molecule has 9 heteroatoms. The van der Waals surface area contributed by atoms with Crippen LogP contribution in [0.5, 0.6) is 0 Å². The molecule has 2 saturated heterocycles. The first kappa shape index (κ1) is 17.0. The van der Waals surface area contributed by atoms with Gasteiger partial charge in [0.15, 0.2) is 9.84 Å². The third-order valence-electron chi connectivity index (χ3n) is 6.23. The molecule has 7 nitrogen and oxygen atoms in total. The quantitative estimate of drug-likeness (QED) is 0.825. The van der Waals surface area contributed by atoms with Gasteiger partial charge in [0.05, 0.1) is 29.8 Å². The summed E-state index contributed by atoms with van der Waals surface area (Å²) in [4.78, 5) is 24.9. The van der Waals surface area contributed by atoms with Crippen molar-refractivity contribution in [2.45, 2.75) is 31.4 Å². The maximum Gasteiger partial charge on any atom is 0.415 e. The van der Waals surface area contributed by atoms with Crippen LogP contribution >= 0.6 is 0 Å². The van der Waals surface area contributed by atoms with Gasteiger partial charge in [-0.05, 0) is 41.4 Å². The molecule has 3 heterocycles. The number of fused-ring (bicyclic) bond motifs is 4. The lowest BCUT2D eigenvalue weighted by Crippen LogP contribution is -2.40. The fourth-order valence-corrected chi connectivity index (χ4v) is 7.22. The van der Waals surface area contributed by atoms with Gasteiger partial charge in [-0.15, -0.1) is 0 Å².